The molecule has 0 atom stereocenters. The van der Waals surface area contributed by atoms with Crippen LogP contribution in [0.5, 0.6) is 5.75 Å². The summed E-state index contributed by atoms with van der Waals surface area (Å²) in [5.41, 5.74) is 1.67. The van der Waals surface area contributed by atoms with Gasteiger partial charge in [-0.2, -0.15) is 0 Å². The molecule has 0 fully saturated rings. The third-order valence-corrected chi connectivity index (χ3v) is 8.67. The van der Waals surface area contributed by atoms with Crippen molar-refractivity contribution in [2.45, 2.75) is 30.3 Å². The number of carbonyl (C=O) groups excluding carboxylic acids is 1. The Labute approximate surface area is 195 Å². The van der Waals surface area contributed by atoms with Crippen LogP contribution in [0, 0.1) is 5.82 Å². The van der Waals surface area contributed by atoms with Crippen molar-refractivity contribution in [3.05, 3.63) is 81.5 Å². The van der Waals surface area contributed by atoms with Crippen molar-refractivity contribution in [1.29, 1.82) is 0 Å². The lowest BCUT2D eigenvalue weighted by Crippen LogP contribution is -2.30. The van der Waals surface area contributed by atoms with E-state index in [0.717, 1.165) is 21.8 Å². The van der Waals surface area contributed by atoms with Crippen molar-refractivity contribution < 1.29 is 27.4 Å². The zero-order valence-corrected chi connectivity index (χ0v) is 19.5. The first kappa shape index (κ1) is 23.4. The SMILES string of the molecule is COC(=O)c1c(S(=O)(=O)NCc2ccccc2F)sc2c1CCN(Cc1ccccc1O)C2. The molecule has 0 aliphatic carbocycles. The van der Waals surface area contributed by atoms with Gasteiger partial charge in [-0.05, 0) is 24.1 Å². The van der Waals surface area contributed by atoms with Gasteiger partial charge in [-0.1, -0.05) is 36.4 Å². The molecule has 33 heavy (non-hydrogen) atoms. The molecule has 4 rings (SSSR count). The van der Waals surface area contributed by atoms with Crippen LogP contribution in [0.25, 0.3) is 0 Å². The van der Waals surface area contributed by atoms with Gasteiger partial charge < -0.3 is 9.84 Å². The third kappa shape index (κ3) is 4.93. The Morgan fingerprint density at radius 1 is 1.18 bits per heavy atom. The summed E-state index contributed by atoms with van der Waals surface area (Å²) in [6, 6.07) is 12.9. The molecule has 0 unspecified atom stereocenters. The average molecular weight is 491 g/mol. The van der Waals surface area contributed by atoms with E-state index in [-0.39, 0.29) is 27.6 Å². The van der Waals surface area contributed by atoms with Crippen LogP contribution in [0.1, 0.15) is 31.9 Å². The van der Waals surface area contributed by atoms with E-state index >= 15 is 0 Å². The van der Waals surface area contributed by atoms with E-state index in [0.29, 0.717) is 31.6 Å². The minimum Gasteiger partial charge on any atom is -0.508 e. The van der Waals surface area contributed by atoms with Crippen LogP contribution in [0.4, 0.5) is 4.39 Å². The van der Waals surface area contributed by atoms with Crippen molar-refractivity contribution in [2.75, 3.05) is 13.7 Å². The summed E-state index contributed by atoms with van der Waals surface area (Å²) < 4.78 is 47.3. The molecule has 0 bridgehead atoms. The predicted octanol–water partition coefficient (Wildman–Crippen LogP) is 3.42. The highest BCUT2D eigenvalue weighted by Crippen LogP contribution is 2.37. The van der Waals surface area contributed by atoms with Gasteiger partial charge in [0.2, 0.25) is 0 Å². The summed E-state index contributed by atoms with van der Waals surface area (Å²) in [5, 5.41) is 10.1. The number of esters is 1. The monoisotopic (exact) mass is 490 g/mol. The van der Waals surface area contributed by atoms with E-state index in [1.54, 1.807) is 18.2 Å². The van der Waals surface area contributed by atoms with Crippen LogP contribution in [-0.2, 0) is 40.8 Å². The summed E-state index contributed by atoms with van der Waals surface area (Å²) in [7, 11) is -2.88. The number of sulfonamides is 1. The lowest BCUT2D eigenvalue weighted by molar-refractivity contribution is 0.0595. The van der Waals surface area contributed by atoms with E-state index in [4.69, 9.17) is 4.74 Å². The zero-order valence-electron chi connectivity index (χ0n) is 17.9. The molecular formula is C23H23FN2O5S2. The molecule has 3 aromatic rings. The maximum absolute atomic E-state index is 13.9. The van der Waals surface area contributed by atoms with Gasteiger partial charge in [-0.25, -0.2) is 22.3 Å². The maximum atomic E-state index is 13.9. The normalized spacial score (nSPS) is 14.1. The molecule has 2 N–H and O–H groups in total. The molecule has 0 saturated heterocycles. The van der Waals surface area contributed by atoms with E-state index in [2.05, 4.69) is 9.62 Å². The Balaban J connectivity index is 1.61. The van der Waals surface area contributed by atoms with Gasteiger partial charge in [0.1, 0.15) is 15.8 Å². The van der Waals surface area contributed by atoms with Crippen LogP contribution < -0.4 is 4.72 Å². The molecular weight excluding hydrogens is 467 g/mol. The van der Waals surface area contributed by atoms with E-state index in [9.17, 15) is 22.7 Å². The molecule has 10 heteroatoms. The number of carbonyl (C=O) groups is 1. The van der Waals surface area contributed by atoms with Crippen molar-refractivity contribution in [3.8, 4) is 5.75 Å². The zero-order chi connectivity index (χ0) is 23.6. The van der Waals surface area contributed by atoms with Crippen LogP contribution in [0.2, 0.25) is 0 Å². The fourth-order valence-corrected chi connectivity index (χ4v) is 6.81. The first-order chi connectivity index (χ1) is 15.8. The topological polar surface area (TPSA) is 95.9 Å². The quantitative estimate of drug-likeness (QED) is 0.493. The van der Waals surface area contributed by atoms with Crippen LogP contribution in [-0.4, -0.2) is 38.0 Å². The standard InChI is InChI=1S/C23H23FN2O5S2/c1-31-22(28)21-17-10-11-26(13-16-7-3-5-9-19(16)27)14-20(17)32-23(21)33(29,30)25-12-15-6-2-4-8-18(15)24/h2-9,25,27H,10-14H2,1H3. The molecule has 0 spiro atoms. The highest BCUT2D eigenvalue weighted by Gasteiger charge is 2.34. The van der Waals surface area contributed by atoms with Crippen LogP contribution in [0.15, 0.2) is 52.7 Å². The fourth-order valence-electron chi connectivity index (χ4n) is 3.83. The van der Waals surface area contributed by atoms with Gasteiger partial charge >= 0.3 is 5.97 Å². The van der Waals surface area contributed by atoms with Crippen LogP contribution in [0.3, 0.4) is 0 Å². The number of phenolic OH excluding ortho intramolecular Hbond substituents is 1. The number of nitrogens with zero attached hydrogens (tertiary/aromatic N) is 1. The van der Waals surface area contributed by atoms with Crippen molar-refractivity contribution in [1.82, 2.24) is 9.62 Å². The number of nitrogens with one attached hydrogen (secondary N) is 1. The molecule has 0 radical (unpaired) electrons. The van der Waals surface area contributed by atoms with E-state index in [1.165, 1.54) is 25.3 Å². The molecule has 2 heterocycles. The number of methoxy groups -OCH3 is 1. The molecule has 1 aliphatic heterocycles. The van der Waals surface area contributed by atoms with Gasteiger partial charge in [0.05, 0.1) is 12.7 Å². The lowest BCUT2D eigenvalue weighted by Gasteiger charge is -2.27. The molecule has 174 valence electrons. The highest BCUT2D eigenvalue weighted by molar-refractivity contribution is 7.91. The predicted molar refractivity (Wildman–Crippen MR) is 122 cm³/mol. The second kappa shape index (κ2) is 9.60. The second-order valence-electron chi connectivity index (χ2n) is 7.66. The number of phenols is 1. The fraction of sp³-hybridized carbons (Fsp3) is 0.261. The number of para-hydroxylation sites is 1. The van der Waals surface area contributed by atoms with Crippen molar-refractivity contribution >= 4 is 27.3 Å². The summed E-state index contributed by atoms with van der Waals surface area (Å²) in [5.74, 6) is -1.03. The van der Waals surface area contributed by atoms with Gasteiger partial charge in [0.15, 0.2) is 0 Å². The Morgan fingerprint density at radius 3 is 2.58 bits per heavy atom. The molecule has 7 nitrogen and oxygen atoms in total. The minimum absolute atomic E-state index is 0.0424. The van der Waals surface area contributed by atoms with Gasteiger partial charge in [0.25, 0.3) is 10.0 Å². The number of thiophene rings is 1. The maximum Gasteiger partial charge on any atom is 0.340 e. The van der Waals surface area contributed by atoms with Crippen LogP contribution >= 0.6 is 11.3 Å². The lowest BCUT2D eigenvalue weighted by atomic mass is 10.0. The molecule has 2 aromatic carbocycles. The van der Waals surface area contributed by atoms with E-state index < -0.39 is 21.8 Å². The first-order valence-corrected chi connectivity index (χ1v) is 12.5. The Kier molecular flexibility index (Phi) is 6.80. The van der Waals surface area contributed by atoms with Gasteiger partial charge in [0, 0.05) is 42.2 Å². The second-order valence-corrected chi connectivity index (χ2v) is 10.7. The number of fused-ring (bicyclic) bond motifs is 1. The third-order valence-electron chi connectivity index (χ3n) is 5.53. The Morgan fingerprint density at radius 2 is 1.88 bits per heavy atom. The van der Waals surface area contributed by atoms with Gasteiger partial charge in [-0.3, -0.25) is 4.90 Å². The Hall–Kier alpha value is -2.79. The molecule has 0 saturated carbocycles. The largest absolute Gasteiger partial charge is 0.508 e. The number of benzene rings is 2. The summed E-state index contributed by atoms with van der Waals surface area (Å²) >= 11 is 1.02. The minimum atomic E-state index is -4.10. The van der Waals surface area contributed by atoms with Crippen molar-refractivity contribution in [2.24, 2.45) is 0 Å². The number of hydrogen-bond donors (Lipinski definition) is 2. The summed E-state index contributed by atoms with van der Waals surface area (Å²) in [4.78, 5) is 15.4. The smallest absolute Gasteiger partial charge is 0.340 e. The number of hydrogen-bond acceptors (Lipinski definition) is 7. The summed E-state index contributed by atoms with van der Waals surface area (Å²) in [6.45, 7) is 1.27. The number of halogens is 1. The highest BCUT2D eigenvalue weighted by atomic mass is 32.2. The molecule has 1 aliphatic rings. The summed E-state index contributed by atoms with van der Waals surface area (Å²) in [6.07, 6.45) is 0.465. The number of rotatable bonds is 7. The average Bonchev–Trinajstić information content (AvgIpc) is 3.19. The molecule has 1 aromatic heterocycles. The van der Waals surface area contributed by atoms with E-state index in [1.807, 2.05) is 12.1 Å². The van der Waals surface area contributed by atoms with Crippen molar-refractivity contribution in [3.63, 3.8) is 0 Å². The Bertz CT molecular complexity index is 1290. The first-order valence-electron chi connectivity index (χ1n) is 10.3. The number of aromatic hydroxyl groups is 1. The molecule has 0 amide bonds. The van der Waals surface area contributed by atoms with Gasteiger partial charge in [-0.15, -0.1) is 11.3 Å². The number of ether oxygens (including phenoxy) is 1.